The van der Waals surface area contributed by atoms with Gasteiger partial charge < -0.3 is 9.29 Å². The van der Waals surface area contributed by atoms with Crippen molar-refractivity contribution < 1.29 is 40.6 Å². The smallest absolute Gasteiger partial charge is 0.371 e. The average Bonchev–Trinajstić information content (AvgIpc) is 2.57. The number of Topliss-reactive ketones (excluding diaryl/α,β-unsaturated/α-hetero) is 1. The number of esters is 1. The normalized spacial score (nSPS) is 34.0. The summed E-state index contributed by atoms with van der Waals surface area (Å²) >= 11 is -4.22. The van der Waals surface area contributed by atoms with Crippen LogP contribution in [0.4, 0.5) is 17.6 Å². The maximum absolute atomic E-state index is 13.3. The number of hydrogen-bond acceptors (Lipinski definition) is 5. The standard InChI is InChI=1S/C17H22F4O5S/c18-16(19,17(20,21)27(24)25)3-1-2-4-26-14(23)15-7-10-5-11(8-15)13(22)12(6-10)9-15/h10-12H,1-9H2,(H,24,25)/p-1. The van der Waals surface area contributed by atoms with E-state index in [-0.39, 0.29) is 30.6 Å². The molecule has 0 aromatic heterocycles. The lowest BCUT2D eigenvalue weighted by Crippen LogP contribution is -2.54. The van der Waals surface area contributed by atoms with Gasteiger partial charge in [0.1, 0.15) is 5.78 Å². The van der Waals surface area contributed by atoms with Crippen molar-refractivity contribution in [2.75, 3.05) is 6.61 Å². The van der Waals surface area contributed by atoms with Gasteiger partial charge in [-0.05, 0) is 50.9 Å². The molecule has 4 fully saturated rings. The first-order valence-electron chi connectivity index (χ1n) is 9.04. The number of alkyl halides is 4. The van der Waals surface area contributed by atoms with Crippen molar-refractivity contribution in [1.29, 1.82) is 0 Å². The van der Waals surface area contributed by atoms with E-state index >= 15 is 0 Å². The Kier molecular flexibility index (Phi) is 5.44. The first kappa shape index (κ1) is 20.7. The molecular formula is C17H21F4O5S-. The first-order valence-corrected chi connectivity index (χ1v) is 10.1. The van der Waals surface area contributed by atoms with Gasteiger partial charge in [-0.3, -0.25) is 13.8 Å². The van der Waals surface area contributed by atoms with Crippen LogP contribution in [0.15, 0.2) is 0 Å². The molecule has 0 aliphatic heterocycles. The Balaban J connectivity index is 1.46. The summed E-state index contributed by atoms with van der Waals surface area (Å²) in [6.07, 6.45) is 1.43. The Morgan fingerprint density at radius 3 is 2.30 bits per heavy atom. The number of rotatable bonds is 8. The number of ether oxygens (including phenoxy) is 1. The minimum Gasteiger partial charge on any atom is -0.768 e. The van der Waals surface area contributed by atoms with Gasteiger partial charge in [-0.1, -0.05) is 0 Å². The zero-order chi connectivity index (χ0) is 20.0. The van der Waals surface area contributed by atoms with Crippen LogP contribution in [-0.2, 0) is 25.4 Å². The van der Waals surface area contributed by atoms with Crippen molar-refractivity contribution in [3.63, 3.8) is 0 Å². The molecule has 0 heterocycles. The van der Waals surface area contributed by atoms with Gasteiger partial charge in [-0.2, -0.15) is 17.6 Å². The first-order chi connectivity index (χ1) is 12.5. The summed E-state index contributed by atoms with van der Waals surface area (Å²) in [5.74, 6) is -4.75. The minimum atomic E-state index is -5.13. The second-order valence-corrected chi connectivity index (χ2v) is 9.06. The molecule has 0 amide bonds. The molecule has 27 heavy (non-hydrogen) atoms. The zero-order valence-corrected chi connectivity index (χ0v) is 15.4. The van der Waals surface area contributed by atoms with E-state index in [4.69, 9.17) is 4.74 Å². The van der Waals surface area contributed by atoms with E-state index in [9.17, 15) is 35.9 Å². The third-order valence-electron chi connectivity index (χ3n) is 6.18. The molecule has 4 aliphatic carbocycles. The van der Waals surface area contributed by atoms with Crippen molar-refractivity contribution in [1.82, 2.24) is 0 Å². The molecule has 0 spiro atoms. The monoisotopic (exact) mass is 413 g/mol. The molecular weight excluding hydrogens is 392 g/mol. The van der Waals surface area contributed by atoms with Crippen LogP contribution in [0, 0.1) is 23.2 Å². The molecule has 3 unspecified atom stereocenters. The SMILES string of the molecule is O=C1C2CC3CC1CC(C(=O)OCCCCC(F)(F)C(F)(F)S(=O)[O-])(C3)C2. The number of halogens is 4. The Morgan fingerprint density at radius 2 is 1.74 bits per heavy atom. The summed E-state index contributed by atoms with van der Waals surface area (Å²) < 4.78 is 78.2. The average molecular weight is 413 g/mol. The van der Waals surface area contributed by atoms with E-state index in [0.717, 1.165) is 12.8 Å². The van der Waals surface area contributed by atoms with Crippen LogP contribution in [-0.4, -0.2) is 38.3 Å². The molecule has 154 valence electrons. The summed E-state index contributed by atoms with van der Waals surface area (Å²) in [5, 5.41) is -5.13. The molecule has 10 heteroatoms. The molecule has 5 nitrogen and oxygen atoms in total. The fraction of sp³-hybridized carbons (Fsp3) is 0.882. The molecule has 0 aromatic carbocycles. The molecule has 4 aliphatic rings. The van der Waals surface area contributed by atoms with E-state index in [0.29, 0.717) is 25.2 Å². The van der Waals surface area contributed by atoms with E-state index in [1.54, 1.807) is 0 Å². The van der Waals surface area contributed by atoms with Crippen LogP contribution >= 0.6 is 0 Å². The van der Waals surface area contributed by atoms with Gasteiger partial charge in [-0.25, -0.2) is 0 Å². The van der Waals surface area contributed by atoms with Gasteiger partial charge in [0.2, 0.25) is 0 Å². The summed E-state index contributed by atoms with van der Waals surface area (Å²) in [4.78, 5) is 24.7. The van der Waals surface area contributed by atoms with Gasteiger partial charge in [0, 0.05) is 29.3 Å². The van der Waals surface area contributed by atoms with E-state index < -0.39 is 46.5 Å². The van der Waals surface area contributed by atoms with Crippen LogP contribution in [0.1, 0.15) is 51.4 Å². The van der Waals surface area contributed by atoms with Gasteiger partial charge in [0.15, 0.2) is 0 Å². The molecule has 0 aromatic rings. The number of carbonyl (C=O) groups is 2. The molecule has 0 radical (unpaired) electrons. The van der Waals surface area contributed by atoms with E-state index in [2.05, 4.69) is 0 Å². The van der Waals surface area contributed by atoms with Crippen LogP contribution < -0.4 is 0 Å². The maximum Gasteiger partial charge on any atom is 0.371 e. The quantitative estimate of drug-likeness (QED) is 0.264. The summed E-state index contributed by atoms with van der Waals surface area (Å²) in [5.41, 5.74) is -0.680. The van der Waals surface area contributed by atoms with Gasteiger partial charge in [0.05, 0.1) is 12.0 Å². The lowest BCUT2D eigenvalue weighted by Gasteiger charge is -2.53. The number of ketones is 1. The van der Waals surface area contributed by atoms with Crippen molar-refractivity contribution in [2.24, 2.45) is 23.2 Å². The van der Waals surface area contributed by atoms with Crippen LogP contribution in [0.5, 0.6) is 0 Å². The third kappa shape index (κ3) is 3.66. The minimum absolute atomic E-state index is 0.0752. The van der Waals surface area contributed by atoms with E-state index in [1.807, 2.05) is 0 Å². The predicted molar refractivity (Wildman–Crippen MR) is 84.6 cm³/mol. The van der Waals surface area contributed by atoms with Crippen molar-refractivity contribution in [2.45, 2.75) is 62.5 Å². The van der Waals surface area contributed by atoms with Crippen LogP contribution in [0.2, 0.25) is 0 Å². The van der Waals surface area contributed by atoms with Gasteiger partial charge in [0.25, 0.3) is 0 Å². The number of hydrogen-bond donors (Lipinski definition) is 0. The van der Waals surface area contributed by atoms with E-state index in [1.165, 1.54) is 0 Å². The topological polar surface area (TPSA) is 83.5 Å². The van der Waals surface area contributed by atoms with Crippen molar-refractivity contribution >= 4 is 22.8 Å². The Hall–Kier alpha value is -1.03. The second-order valence-electron chi connectivity index (χ2n) is 8.08. The Labute approximate surface area is 156 Å². The van der Waals surface area contributed by atoms with Crippen molar-refractivity contribution in [3.05, 3.63) is 0 Å². The highest BCUT2D eigenvalue weighted by Gasteiger charge is 2.59. The van der Waals surface area contributed by atoms with Crippen LogP contribution in [0.3, 0.4) is 0 Å². The summed E-state index contributed by atoms with van der Waals surface area (Å²) in [7, 11) is 0. The lowest BCUT2D eigenvalue weighted by atomic mass is 9.49. The molecule has 3 atom stereocenters. The van der Waals surface area contributed by atoms with Gasteiger partial charge in [-0.15, -0.1) is 0 Å². The highest BCUT2D eigenvalue weighted by atomic mass is 32.2. The Bertz CT molecular complexity index is 635. The van der Waals surface area contributed by atoms with Crippen molar-refractivity contribution in [3.8, 4) is 0 Å². The molecule has 0 saturated heterocycles. The lowest BCUT2D eigenvalue weighted by molar-refractivity contribution is -0.175. The highest BCUT2D eigenvalue weighted by molar-refractivity contribution is 7.80. The highest BCUT2D eigenvalue weighted by Crippen LogP contribution is 2.59. The maximum atomic E-state index is 13.3. The predicted octanol–water partition coefficient (Wildman–Crippen LogP) is 3.20. The molecule has 4 bridgehead atoms. The molecule has 4 rings (SSSR count). The number of unbranched alkanes of at least 4 members (excludes halogenated alkanes) is 1. The molecule has 0 N–H and O–H groups in total. The fourth-order valence-electron chi connectivity index (χ4n) is 5.03. The zero-order valence-electron chi connectivity index (χ0n) is 14.6. The Morgan fingerprint density at radius 1 is 1.15 bits per heavy atom. The third-order valence-corrected chi connectivity index (χ3v) is 6.90. The summed E-state index contributed by atoms with van der Waals surface area (Å²) in [6.45, 7) is -0.198. The number of carbonyl (C=O) groups excluding carboxylic acids is 2. The molecule has 4 saturated carbocycles. The van der Waals surface area contributed by atoms with Gasteiger partial charge >= 0.3 is 17.1 Å². The largest absolute Gasteiger partial charge is 0.768 e. The fourth-order valence-corrected chi connectivity index (χ4v) is 5.38. The second kappa shape index (κ2) is 7.09. The summed E-state index contributed by atoms with van der Waals surface area (Å²) in [6, 6.07) is 0. The van der Waals surface area contributed by atoms with Crippen LogP contribution in [0.25, 0.3) is 0 Å².